The maximum absolute atomic E-state index is 11.8. The molecule has 2 fully saturated rings. The Balaban J connectivity index is 2.03. The van der Waals surface area contributed by atoms with Crippen LogP contribution in [0.15, 0.2) is 0 Å². The van der Waals surface area contributed by atoms with Gasteiger partial charge in [-0.05, 0) is 20.8 Å². The number of hydrogen-bond acceptors (Lipinski definition) is 5. The van der Waals surface area contributed by atoms with Gasteiger partial charge in [-0.3, -0.25) is 0 Å². The highest BCUT2D eigenvalue weighted by Gasteiger charge is 2.43. The predicted molar refractivity (Wildman–Crippen MR) is 71.7 cm³/mol. The van der Waals surface area contributed by atoms with Gasteiger partial charge in [-0.25, -0.2) is 13.2 Å². The van der Waals surface area contributed by atoms with Gasteiger partial charge in [-0.1, -0.05) is 0 Å². The topological polar surface area (TPSA) is 84.5 Å². The summed E-state index contributed by atoms with van der Waals surface area (Å²) in [6.45, 7) is 6.66. The number of carbonyl (C=O) groups is 1. The van der Waals surface area contributed by atoms with Crippen LogP contribution in [-0.2, 0) is 14.6 Å². The number of rotatable bonds is 1. The summed E-state index contributed by atoms with van der Waals surface area (Å²) in [7, 11) is -2.98. The molecule has 0 aromatic rings. The summed E-state index contributed by atoms with van der Waals surface area (Å²) in [6, 6.07) is -0.111. The lowest BCUT2D eigenvalue weighted by molar-refractivity contribution is 0.0448. The van der Waals surface area contributed by atoms with E-state index in [0.717, 1.165) is 0 Å². The minimum Gasteiger partial charge on any atom is -0.444 e. The van der Waals surface area contributed by atoms with Gasteiger partial charge in [0, 0.05) is 31.0 Å². The zero-order chi connectivity index (χ0) is 14.3. The maximum Gasteiger partial charge on any atom is 0.407 e. The van der Waals surface area contributed by atoms with Crippen molar-refractivity contribution in [3.8, 4) is 0 Å². The van der Waals surface area contributed by atoms with Crippen molar-refractivity contribution in [2.75, 3.05) is 24.6 Å². The summed E-state index contributed by atoms with van der Waals surface area (Å²) in [5.74, 6) is 0.142. The molecule has 0 spiro atoms. The van der Waals surface area contributed by atoms with E-state index in [4.69, 9.17) is 4.74 Å². The van der Waals surface area contributed by atoms with Crippen LogP contribution >= 0.6 is 0 Å². The quantitative estimate of drug-likeness (QED) is 0.718. The summed E-state index contributed by atoms with van der Waals surface area (Å²) < 4.78 is 28.7. The minimum absolute atomic E-state index is 0.0648. The first-order valence-corrected chi connectivity index (χ1v) is 8.39. The van der Waals surface area contributed by atoms with Crippen molar-refractivity contribution in [3.05, 3.63) is 0 Å². The number of piperidine rings is 1. The van der Waals surface area contributed by atoms with E-state index >= 15 is 0 Å². The Labute approximate surface area is 114 Å². The van der Waals surface area contributed by atoms with Crippen molar-refractivity contribution in [1.82, 2.24) is 10.6 Å². The molecule has 19 heavy (non-hydrogen) atoms. The van der Waals surface area contributed by atoms with Gasteiger partial charge in [-0.15, -0.1) is 0 Å². The van der Waals surface area contributed by atoms with Gasteiger partial charge >= 0.3 is 6.09 Å². The van der Waals surface area contributed by atoms with E-state index in [0.29, 0.717) is 13.1 Å². The van der Waals surface area contributed by atoms with Crippen LogP contribution in [0.1, 0.15) is 20.8 Å². The second kappa shape index (κ2) is 4.94. The van der Waals surface area contributed by atoms with Gasteiger partial charge in [-0.2, -0.15) is 0 Å². The predicted octanol–water partition coefficient (Wildman–Crippen LogP) is 0.144. The monoisotopic (exact) mass is 290 g/mol. The summed E-state index contributed by atoms with van der Waals surface area (Å²) in [5.41, 5.74) is -0.543. The molecule has 110 valence electrons. The Morgan fingerprint density at radius 3 is 2.21 bits per heavy atom. The molecule has 0 aromatic heterocycles. The van der Waals surface area contributed by atoms with Gasteiger partial charge in [0.25, 0.3) is 0 Å². The van der Waals surface area contributed by atoms with Gasteiger partial charge in [0.2, 0.25) is 0 Å². The molecule has 1 amide bonds. The lowest BCUT2D eigenvalue weighted by Gasteiger charge is -2.42. The molecule has 0 radical (unpaired) electrons. The average molecular weight is 290 g/mol. The van der Waals surface area contributed by atoms with Gasteiger partial charge in [0.05, 0.1) is 11.5 Å². The summed E-state index contributed by atoms with van der Waals surface area (Å²) >= 11 is 0. The molecule has 0 saturated carbocycles. The van der Waals surface area contributed by atoms with Crippen molar-refractivity contribution in [2.45, 2.75) is 32.4 Å². The van der Waals surface area contributed by atoms with E-state index in [1.54, 1.807) is 20.8 Å². The highest BCUT2D eigenvalue weighted by molar-refractivity contribution is 7.91. The van der Waals surface area contributed by atoms with Crippen LogP contribution in [0.2, 0.25) is 0 Å². The van der Waals surface area contributed by atoms with Crippen LogP contribution in [0.4, 0.5) is 4.79 Å². The fourth-order valence-electron chi connectivity index (χ4n) is 2.82. The second-order valence-corrected chi connectivity index (χ2v) is 8.58. The lowest BCUT2D eigenvalue weighted by Crippen LogP contribution is -2.62. The molecule has 2 saturated heterocycles. The molecule has 1 unspecified atom stereocenters. The molecule has 2 aliphatic rings. The van der Waals surface area contributed by atoms with E-state index < -0.39 is 21.5 Å². The maximum atomic E-state index is 11.8. The summed E-state index contributed by atoms with van der Waals surface area (Å²) in [5, 5.41) is 6.07. The van der Waals surface area contributed by atoms with Crippen LogP contribution in [0, 0.1) is 11.8 Å². The molecular formula is C12H22N2O4S. The van der Waals surface area contributed by atoms with Gasteiger partial charge in [0.1, 0.15) is 5.60 Å². The summed E-state index contributed by atoms with van der Waals surface area (Å²) in [6.07, 6.45) is -0.464. The van der Waals surface area contributed by atoms with Gasteiger partial charge < -0.3 is 15.4 Å². The fraction of sp³-hybridized carbons (Fsp3) is 0.917. The number of ether oxygens (including phenoxy) is 1. The van der Waals surface area contributed by atoms with Crippen LogP contribution < -0.4 is 10.6 Å². The van der Waals surface area contributed by atoms with E-state index in [-0.39, 0.29) is 29.4 Å². The molecule has 2 N–H and O–H groups in total. The highest BCUT2D eigenvalue weighted by Crippen LogP contribution is 2.27. The molecule has 7 heteroatoms. The Kier molecular flexibility index (Phi) is 3.79. The van der Waals surface area contributed by atoms with Crippen molar-refractivity contribution < 1.29 is 17.9 Å². The first-order valence-electron chi connectivity index (χ1n) is 6.57. The molecular weight excluding hydrogens is 268 g/mol. The molecule has 0 aliphatic carbocycles. The molecule has 2 heterocycles. The molecule has 0 aromatic carbocycles. The molecule has 6 nitrogen and oxygen atoms in total. The summed E-state index contributed by atoms with van der Waals surface area (Å²) in [4.78, 5) is 11.8. The molecule has 3 atom stereocenters. The molecule has 2 rings (SSSR count). The van der Waals surface area contributed by atoms with Crippen molar-refractivity contribution in [1.29, 1.82) is 0 Å². The Bertz CT molecular complexity index is 435. The number of alkyl carbamates (subject to hydrolysis) is 1. The number of amides is 1. The zero-order valence-corrected chi connectivity index (χ0v) is 12.4. The van der Waals surface area contributed by atoms with E-state index in [1.165, 1.54) is 0 Å². The number of carbonyl (C=O) groups excluding carboxylic acids is 1. The third-order valence-electron chi connectivity index (χ3n) is 3.45. The largest absolute Gasteiger partial charge is 0.444 e. The normalized spacial score (nSPS) is 33.5. The third-order valence-corrected chi connectivity index (χ3v) is 5.32. The minimum atomic E-state index is -2.98. The van der Waals surface area contributed by atoms with Crippen LogP contribution in [-0.4, -0.2) is 50.7 Å². The number of nitrogens with one attached hydrogen (secondary N) is 2. The molecule has 2 aliphatic heterocycles. The van der Waals surface area contributed by atoms with E-state index in [9.17, 15) is 13.2 Å². The first-order chi connectivity index (χ1) is 8.66. The Morgan fingerprint density at radius 2 is 1.74 bits per heavy atom. The molecule has 2 bridgehead atoms. The Hall–Kier alpha value is -0.820. The van der Waals surface area contributed by atoms with Gasteiger partial charge in [0.15, 0.2) is 9.84 Å². The lowest BCUT2D eigenvalue weighted by atomic mass is 9.86. The number of fused-ring (bicyclic) bond motifs is 2. The van der Waals surface area contributed by atoms with Crippen LogP contribution in [0.5, 0.6) is 0 Å². The van der Waals surface area contributed by atoms with Crippen LogP contribution in [0.3, 0.4) is 0 Å². The average Bonchev–Trinajstić information content (AvgIpc) is 2.16. The van der Waals surface area contributed by atoms with Crippen LogP contribution in [0.25, 0.3) is 0 Å². The second-order valence-electron chi connectivity index (χ2n) is 6.43. The highest BCUT2D eigenvalue weighted by atomic mass is 32.2. The standard InChI is InChI=1S/C12H22N2O4S/c1-12(2,3)18-11(15)14-10-8-4-13-5-9(10)7-19(16,17)6-8/h8-10,13H,4-7H2,1-3H3,(H,14,15)/t8-,9+,10?. The van der Waals surface area contributed by atoms with E-state index in [1.807, 2.05) is 0 Å². The smallest absolute Gasteiger partial charge is 0.407 e. The number of sulfone groups is 1. The third kappa shape index (κ3) is 3.82. The fourth-order valence-corrected chi connectivity index (χ4v) is 4.91. The van der Waals surface area contributed by atoms with E-state index in [2.05, 4.69) is 10.6 Å². The van der Waals surface area contributed by atoms with Crippen molar-refractivity contribution >= 4 is 15.9 Å². The van der Waals surface area contributed by atoms with Crippen molar-refractivity contribution in [2.24, 2.45) is 11.8 Å². The number of hydrogen-bond donors (Lipinski definition) is 2. The van der Waals surface area contributed by atoms with Crippen molar-refractivity contribution in [3.63, 3.8) is 0 Å². The Morgan fingerprint density at radius 1 is 1.21 bits per heavy atom. The zero-order valence-electron chi connectivity index (χ0n) is 11.6. The SMILES string of the molecule is CC(C)(C)OC(=O)NC1[C@@H]2CNC[C@H]1CS(=O)(=O)C2. The first kappa shape index (κ1) is 14.6.